The monoisotopic (exact) mass is 447 g/mol. The molecular formula is C27H33N3O3. The van der Waals surface area contributed by atoms with Crippen LogP contribution in [-0.2, 0) is 4.79 Å². The van der Waals surface area contributed by atoms with Gasteiger partial charge in [-0.3, -0.25) is 9.59 Å². The molecule has 2 unspecified atom stereocenters. The summed E-state index contributed by atoms with van der Waals surface area (Å²) >= 11 is 0. The Morgan fingerprint density at radius 1 is 1.06 bits per heavy atom. The van der Waals surface area contributed by atoms with Crippen LogP contribution in [0.1, 0.15) is 65.5 Å². The van der Waals surface area contributed by atoms with Gasteiger partial charge in [0.15, 0.2) is 0 Å². The largest absolute Gasteiger partial charge is 0.497 e. The number of benzene rings is 2. The predicted octanol–water partition coefficient (Wildman–Crippen LogP) is 3.74. The lowest BCUT2D eigenvalue weighted by Gasteiger charge is -2.42. The molecule has 174 valence electrons. The lowest BCUT2D eigenvalue weighted by molar-refractivity contribution is -0.124. The van der Waals surface area contributed by atoms with Crippen molar-refractivity contribution < 1.29 is 14.3 Å². The van der Waals surface area contributed by atoms with E-state index >= 15 is 0 Å². The van der Waals surface area contributed by atoms with Crippen molar-refractivity contribution in [1.29, 1.82) is 0 Å². The molecule has 6 heteroatoms. The number of fused-ring (bicyclic) bond motifs is 1. The second-order valence-electron chi connectivity index (χ2n) is 9.42. The molecule has 5 rings (SSSR count). The maximum atomic E-state index is 13.7. The van der Waals surface area contributed by atoms with Crippen LogP contribution in [-0.4, -0.2) is 60.9 Å². The molecule has 3 aliphatic rings. The van der Waals surface area contributed by atoms with E-state index in [0.29, 0.717) is 12.1 Å². The smallest absolute Gasteiger partial charge is 0.254 e. The highest BCUT2D eigenvalue weighted by molar-refractivity contribution is 6.01. The maximum Gasteiger partial charge on any atom is 0.254 e. The zero-order chi connectivity index (χ0) is 22.8. The number of piperidine rings is 1. The van der Waals surface area contributed by atoms with Crippen LogP contribution in [0.4, 0.5) is 0 Å². The van der Waals surface area contributed by atoms with Crippen molar-refractivity contribution in [3.63, 3.8) is 0 Å². The van der Waals surface area contributed by atoms with Crippen LogP contribution in [0.2, 0.25) is 0 Å². The number of amides is 2. The number of likely N-dealkylation sites (tertiary alicyclic amines) is 1. The number of carbonyl (C=O) groups excluding carboxylic acids is 2. The van der Waals surface area contributed by atoms with Gasteiger partial charge in [0.05, 0.1) is 19.1 Å². The predicted molar refractivity (Wildman–Crippen MR) is 127 cm³/mol. The van der Waals surface area contributed by atoms with Gasteiger partial charge in [-0.15, -0.1) is 0 Å². The first-order valence-electron chi connectivity index (χ1n) is 12.2. The molecule has 2 heterocycles. The van der Waals surface area contributed by atoms with Gasteiger partial charge < -0.3 is 19.9 Å². The van der Waals surface area contributed by atoms with E-state index in [1.165, 1.54) is 19.3 Å². The molecule has 0 spiro atoms. The Balaban J connectivity index is 1.47. The number of ether oxygens (including phenoxy) is 1. The normalized spacial score (nSPS) is 23.2. The maximum absolute atomic E-state index is 13.7. The molecule has 1 saturated carbocycles. The Morgan fingerprint density at radius 3 is 2.61 bits per heavy atom. The molecule has 33 heavy (non-hydrogen) atoms. The summed E-state index contributed by atoms with van der Waals surface area (Å²) in [4.78, 5) is 31.7. The highest BCUT2D eigenvalue weighted by Gasteiger charge is 2.49. The molecular weight excluding hydrogens is 414 g/mol. The molecule has 6 nitrogen and oxygen atoms in total. The molecule has 2 aromatic rings. The van der Waals surface area contributed by atoms with Crippen LogP contribution in [0.15, 0.2) is 48.5 Å². The third kappa shape index (κ3) is 4.49. The first kappa shape index (κ1) is 22.0. The Morgan fingerprint density at radius 2 is 1.85 bits per heavy atom. The van der Waals surface area contributed by atoms with Gasteiger partial charge in [-0.25, -0.2) is 0 Å². The Kier molecular flexibility index (Phi) is 6.36. The van der Waals surface area contributed by atoms with E-state index in [4.69, 9.17) is 4.74 Å². The van der Waals surface area contributed by atoms with Crippen LogP contribution < -0.4 is 10.1 Å². The van der Waals surface area contributed by atoms with Gasteiger partial charge in [-0.1, -0.05) is 36.8 Å². The third-order valence-electron chi connectivity index (χ3n) is 7.21. The lowest BCUT2D eigenvalue weighted by Crippen LogP contribution is -2.49. The minimum Gasteiger partial charge on any atom is -0.497 e. The van der Waals surface area contributed by atoms with Gasteiger partial charge in [-0.2, -0.15) is 0 Å². The molecule has 1 saturated heterocycles. The van der Waals surface area contributed by atoms with Gasteiger partial charge in [0.1, 0.15) is 5.75 Å². The van der Waals surface area contributed by atoms with Crippen molar-refractivity contribution in [2.75, 3.05) is 33.3 Å². The number of carbonyl (C=O) groups is 2. The summed E-state index contributed by atoms with van der Waals surface area (Å²) in [5, 5.41) is 3.21. The molecule has 0 radical (unpaired) electrons. The van der Waals surface area contributed by atoms with Crippen molar-refractivity contribution >= 4 is 11.8 Å². The first-order valence-corrected chi connectivity index (χ1v) is 12.2. The van der Waals surface area contributed by atoms with Gasteiger partial charge in [-0.05, 0) is 68.1 Å². The van der Waals surface area contributed by atoms with E-state index in [1.807, 2.05) is 53.4 Å². The van der Waals surface area contributed by atoms with E-state index in [0.717, 1.165) is 49.4 Å². The van der Waals surface area contributed by atoms with Crippen molar-refractivity contribution in [2.45, 2.75) is 50.1 Å². The summed E-state index contributed by atoms with van der Waals surface area (Å²) < 4.78 is 5.47. The Labute approximate surface area is 195 Å². The summed E-state index contributed by atoms with van der Waals surface area (Å²) in [7, 11) is 1.64. The second-order valence-corrected chi connectivity index (χ2v) is 9.42. The van der Waals surface area contributed by atoms with E-state index in [9.17, 15) is 9.59 Å². The second kappa shape index (κ2) is 9.56. The van der Waals surface area contributed by atoms with Crippen molar-refractivity contribution in [3.8, 4) is 5.75 Å². The number of methoxy groups -OCH3 is 1. The minimum absolute atomic E-state index is 0.00886. The summed E-state index contributed by atoms with van der Waals surface area (Å²) in [6, 6.07) is 15.3. The van der Waals surface area contributed by atoms with Crippen molar-refractivity contribution in [2.24, 2.45) is 0 Å². The number of hydrogen-bond donors (Lipinski definition) is 1. The number of nitrogens with zero attached hydrogens (tertiary/aromatic N) is 2. The SMILES string of the molecule is COc1cccc(C2C(C(=O)NCCN3CCCCC3)c3ccccc3C(=O)N2C2CC2)c1. The molecule has 2 atom stereocenters. The van der Waals surface area contributed by atoms with E-state index in [2.05, 4.69) is 10.2 Å². The standard InChI is InChI=1S/C27H33N3O3/c1-33-21-9-7-8-19(18-21)25-24(26(31)28-14-17-29-15-5-2-6-16-29)22-10-3-4-11-23(22)27(32)30(25)20-12-13-20/h3-4,7-11,18,20,24-25H,2,5-6,12-17H2,1H3,(H,28,31). The number of nitrogens with one attached hydrogen (secondary N) is 1. The van der Waals surface area contributed by atoms with Gasteiger partial charge in [0.25, 0.3) is 5.91 Å². The number of hydrogen-bond acceptors (Lipinski definition) is 4. The van der Waals surface area contributed by atoms with Crippen LogP contribution in [0.3, 0.4) is 0 Å². The van der Waals surface area contributed by atoms with Crippen molar-refractivity contribution in [1.82, 2.24) is 15.1 Å². The first-order chi connectivity index (χ1) is 16.2. The quantitative estimate of drug-likeness (QED) is 0.702. The highest BCUT2D eigenvalue weighted by Crippen LogP contribution is 2.48. The van der Waals surface area contributed by atoms with Crippen molar-refractivity contribution in [3.05, 3.63) is 65.2 Å². The molecule has 2 fully saturated rings. The lowest BCUT2D eigenvalue weighted by atomic mass is 9.79. The highest BCUT2D eigenvalue weighted by atomic mass is 16.5. The van der Waals surface area contributed by atoms with E-state index in [-0.39, 0.29) is 23.9 Å². The average molecular weight is 448 g/mol. The fraction of sp³-hybridized carbons (Fsp3) is 0.481. The fourth-order valence-electron chi connectivity index (χ4n) is 5.40. The molecule has 1 N–H and O–H groups in total. The minimum atomic E-state index is -0.451. The van der Waals surface area contributed by atoms with Gasteiger partial charge in [0, 0.05) is 24.7 Å². The third-order valence-corrected chi connectivity index (χ3v) is 7.21. The van der Waals surface area contributed by atoms with Crippen LogP contribution in [0.25, 0.3) is 0 Å². The van der Waals surface area contributed by atoms with Gasteiger partial charge >= 0.3 is 0 Å². The van der Waals surface area contributed by atoms with Crippen LogP contribution in [0, 0.1) is 0 Å². The van der Waals surface area contributed by atoms with Crippen LogP contribution in [0.5, 0.6) is 5.75 Å². The van der Waals surface area contributed by atoms with Crippen LogP contribution >= 0.6 is 0 Å². The topological polar surface area (TPSA) is 61.9 Å². The Hall–Kier alpha value is -2.86. The van der Waals surface area contributed by atoms with E-state index in [1.54, 1.807) is 7.11 Å². The summed E-state index contributed by atoms with van der Waals surface area (Å²) in [5.74, 6) is 0.301. The summed E-state index contributed by atoms with van der Waals surface area (Å²) in [6.45, 7) is 3.71. The summed E-state index contributed by atoms with van der Waals surface area (Å²) in [5.41, 5.74) is 2.42. The zero-order valence-electron chi connectivity index (χ0n) is 19.3. The molecule has 1 aliphatic carbocycles. The average Bonchev–Trinajstić information content (AvgIpc) is 3.70. The molecule has 2 amide bonds. The molecule has 0 bridgehead atoms. The zero-order valence-corrected chi connectivity index (χ0v) is 19.3. The number of rotatable bonds is 7. The molecule has 0 aromatic heterocycles. The summed E-state index contributed by atoms with van der Waals surface area (Å²) in [6.07, 6.45) is 5.74. The van der Waals surface area contributed by atoms with E-state index < -0.39 is 5.92 Å². The Bertz CT molecular complexity index is 1010. The fourth-order valence-corrected chi connectivity index (χ4v) is 5.40. The molecule has 2 aliphatic heterocycles. The van der Waals surface area contributed by atoms with Gasteiger partial charge in [0.2, 0.25) is 5.91 Å². The molecule has 2 aromatic carbocycles.